The Labute approximate surface area is 128 Å². The fourth-order valence-electron chi connectivity index (χ4n) is 4.66. The topological polar surface area (TPSA) is 58.4 Å². The van der Waals surface area contributed by atoms with Crippen LogP contribution in [0.3, 0.4) is 0 Å². The molecule has 1 heterocycles. The van der Waals surface area contributed by atoms with Gasteiger partial charge in [-0.3, -0.25) is 9.69 Å². The molecule has 120 valence electrons. The number of hydrogen-bond donors (Lipinski definition) is 2. The number of hydrogen-bond acceptors (Lipinski definition) is 3. The van der Waals surface area contributed by atoms with Gasteiger partial charge in [-0.15, -0.1) is 0 Å². The van der Waals surface area contributed by atoms with Crippen molar-refractivity contribution in [2.24, 2.45) is 11.7 Å². The summed E-state index contributed by atoms with van der Waals surface area (Å²) < 4.78 is 0. The van der Waals surface area contributed by atoms with E-state index in [9.17, 15) is 4.79 Å². The molecule has 0 aromatic rings. The fraction of sp³-hybridized carbons (Fsp3) is 0.941. The maximum Gasteiger partial charge on any atom is 0.237 e. The zero-order valence-corrected chi connectivity index (χ0v) is 13.6. The van der Waals surface area contributed by atoms with Crippen LogP contribution in [0.1, 0.15) is 65.2 Å². The lowest BCUT2D eigenvalue weighted by atomic mass is 9.87. The third-order valence-corrected chi connectivity index (χ3v) is 5.95. The molecule has 4 heteroatoms. The van der Waals surface area contributed by atoms with E-state index in [0.29, 0.717) is 12.1 Å². The molecule has 0 spiro atoms. The van der Waals surface area contributed by atoms with Crippen molar-refractivity contribution in [3.63, 3.8) is 0 Å². The zero-order valence-electron chi connectivity index (χ0n) is 13.6. The van der Waals surface area contributed by atoms with Crippen molar-refractivity contribution >= 4 is 5.91 Å². The van der Waals surface area contributed by atoms with E-state index in [0.717, 1.165) is 18.4 Å². The highest BCUT2D eigenvalue weighted by molar-refractivity contribution is 5.84. The Morgan fingerprint density at radius 1 is 1.29 bits per heavy atom. The Kier molecular flexibility index (Phi) is 4.28. The standard InChI is InChI=1S/C17H31N3O/c1-12(11-17(2,16(18)21)19-14-8-9-14)20-10-4-6-13-5-3-7-15(13)20/h12-15,19H,3-11H2,1-2H3,(H2,18,21). The summed E-state index contributed by atoms with van der Waals surface area (Å²) in [5.74, 6) is 0.707. The van der Waals surface area contributed by atoms with E-state index in [1.165, 1.54) is 51.5 Å². The van der Waals surface area contributed by atoms with Gasteiger partial charge >= 0.3 is 0 Å². The SMILES string of the molecule is CC(CC(C)(NC1CC1)C(N)=O)N1CCCC2CCCC21. The number of likely N-dealkylation sites (tertiary alicyclic amines) is 1. The summed E-state index contributed by atoms with van der Waals surface area (Å²) in [6, 6.07) is 1.70. The number of primary amides is 1. The van der Waals surface area contributed by atoms with Gasteiger partial charge in [-0.05, 0) is 71.3 Å². The average molecular weight is 293 g/mol. The minimum atomic E-state index is -0.549. The monoisotopic (exact) mass is 293 g/mol. The van der Waals surface area contributed by atoms with Crippen molar-refractivity contribution in [3.8, 4) is 0 Å². The minimum absolute atomic E-state index is 0.193. The van der Waals surface area contributed by atoms with Gasteiger partial charge in [-0.25, -0.2) is 0 Å². The zero-order chi connectivity index (χ0) is 15.0. The third kappa shape index (κ3) is 3.26. The van der Waals surface area contributed by atoms with E-state index < -0.39 is 5.54 Å². The first-order chi connectivity index (χ1) is 9.99. The maximum absolute atomic E-state index is 12.0. The Balaban J connectivity index is 1.65. The molecular formula is C17H31N3O. The highest BCUT2D eigenvalue weighted by atomic mass is 16.1. The van der Waals surface area contributed by atoms with Crippen LogP contribution < -0.4 is 11.1 Å². The van der Waals surface area contributed by atoms with Crippen LogP contribution >= 0.6 is 0 Å². The van der Waals surface area contributed by atoms with Gasteiger partial charge in [0.2, 0.25) is 5.91 Å². The Morgan fingerprint density at radius 2 is 2.00 bits per heavy atom. The second-order valence-electron chi connectivity index (χ2n) is 7.81. The molecule has 21 heavy (non-hydrogen) atoms. The summed E-state index contributed by atoms with van der Waals surface area (Å²) >= 11 is 0. The van der Waals surface area contributed by atoms with Crippen LogP contribution in [0, 0.1) is 5.92 Å². The first-order valence-corrected chi connectivity index (χ1v) is 8.83. The van der Waals surface area contributed by atoms with E-state index in [1.54, 1.807) is 0 Å². The van der Waals surface area contributed by atoms with Gasteiger partial charge in [-0.1, -0.05) is 6.42 Å². The normalized spacial score (nSPS) is 34.2. The molecule has 0 radical (unpaired) electrons. The van der Waals surface area contributed by atoms with Gasteiger partial charge < -0.3 is 11.1 Å². The van der Waals surface area contributed by atoms with Crippen LogP contribution in [-0.2, 0) is 4.79 Å². The molecule has 1 amide bonds. The molecule has 4 nitrogen and oxygen atoms in total. The number of nitrogens with one attached hydrogen (secondary N) is 1. The summed E-state index contributed by atoms with van der Waals surface area (Å²) in [6.45, 7) is 5.48. The summed E-state index contributed by atoms with van der Waals surface area (Å²) in [7, 11) is 0. The fourth-order valence-corrected chi connectivity index (χ4v) is 4.66. The van der Waals surface area contributed by atoms with Crippen molar-refractivity contribution in [1.82, 2.24) is 10.2 Å². The van der Waals surface area contributed by atoms with E-state index in [2.05, 4.69) is 17.1 Å². The molecule has 3 rings (SSSR count). The molecule has 2 saturated carbocycles. The van der Waals surface area contributed by atoms with Crippen molar-refractivity contribution in [2.45, 2.75) is 88.9 Å². The van der Waals surface area contributed by atoms with Gasteiger partial charge in [0.15, 0.2) is 0 Å². The van der Waals surface area contributed by atoms with E-state index in [1.807, 2.05) is 6.92 Å². The highest BCUT2D eigenvalue weighted by Gasteiger charge is 2.42. The molecule has 0 aromatic heterocycles. The number of nitrogens with two attached hydrogens (primary N) is 1. The number of piperidine rings is 1. The lowest BCUT2D eigenvalue weighted by molar-refractivity contribution is -0.125. The number of fused-ring (bicyclic) bond motifs is 1. The number of carbonyl (C=O) groups is 1. The first-order valence-electron chi connectivity index (χ1n) is 8.83. The van der Waals surface area contributed by atoms with Gasteiger partial charge in [-0.2, -0.15) is 0 Å². The molecule has 2 aliphatic carbocycles. The lowest BCUT2D eigenvalue weighted by Gasteiger charge is -2.44. The molecule has 1 aliphatic heterocycles. The number of carbonyl (C=O) groups excluding carboxylic acids is 1. The molecular weight excluding hydrogens is 262 g/mol. The Morgan fingerprint density at radius 3 is 2.67 bits per heavy atom. The van der Waals surface area contributed by atoms with Crippen molar-refractivity contribution in [2.75, 3.05) is 6.54 Å². The van der Waals surface area contributed by atoms with Crippen LogP contribution in [0.25, 0.3) is 0 Å². The van der Waals surface area contributed by atoms with Crippen molar-refractivity contribution in [3.05, 3.63) is 0 Å². The number of amides is 1. The predicted octanol–water partition coefficient (Wildman–Crippen LogP) is 2.03. The highest BCUT2D eigenvalue weighted by Crippen LogP contribution is 2.38. The average Bonchev–Trinajstić information content (AvgIpc) is 3.10. The molecule has 1 saturated heterocycles. The molecule has 3 fully saturated rings. The second-order valence-corrected chi connectivity index (χ2v) is 7.81. The molecule has 4 atom stereocenters. The lowest BCUT2D eigenvalue weighted by Crippen LogP contribution is -2.58. The quantitative estimate of drug-likeness (QED) is 0.788. The smallest absolute Gasteiger partial charge is 0.237 e. The second kappa shape index (κ2) is 5.88. The van der Waals surface area contributed by atoms with Crippen molar-refractivity contribution < 1.29 is 4.79 Å². The van der Waals surface area contributed by atoms with Crippen LogP contribution in [0.15, 0.2) is 0 Å². The maximum atomic E-state index is 12.0. The molecule has 3 aliphatic rings. The molecule has 4 unspecified atom stereocenters. The van der Waals surface area contributed by atoms with Crippen molar-refractivity contribution in [1.29, 1.82) is 0 Å². The van der Waals surface area contributed by atoms with Crippen LogP contribution in [0.4, 0.5) is 0 Å². The molecule has 3 N–H and O–H groups in total. The van der Waals surface area contributed by atoms with E-state index in [4.69, 9.17) is 5.73 Å². The summed E-state index contributed by atoms with van der Waals surface area (Å²) in [5.41, 5.74) is 5.16. The van der Waals surface area contributed by atoms with Gasteiger partial charge in [0.1, 0.15) is 0 Å². The Bertz CT molecular complexity index is 395. The van der Waals surface area contributed by atoms with Gasteiger partial charge in [0.05, 0.1) is 5.54 Å². The van der Waals surface area contributed by atoms with Gasteiger partial charge in [0, 0.05) is 18.1 Å². The molecule has 0 aromatic carbocycles. The summed E-state index contributed by atoms with van der Waals surface area (Å²) in [5, 5.41) is 3.50. The van der Waals surface area contributed by atoms with Crippen LogP contribution in [0.2, 0.25) is 0 Å². The van der Waals surface area contributed by atoms with E-state index in [-0.39, 0.29) is 5.91 Å². The largest absolute Gasteiger partial charge is 0.368 e. The first kappa shape index (κ1) is 15.3. The van der Waals surface area contributed by atoms with E-state index >= 15 is 0 Å². The number of rotatable bonds is 6. The molecule has 0 bridgehead atoms. The summed E-state index contributed by atoms with van der Waals surface area (Å²) in [6.07, 6.45) is 10.1. The third-order valence-electron chi connectivity index (χ3n) is 5.95. The minimum Gasteiger partial charge on any atom is -0.368 e. The summed E-state index contributed by atoms with van der Waals surface area (Å²) in [4.78, 5) is 14.6. The Hall–Kier alpha value is -0.610. The van der Waals surface area contributed by atoms with Gasteiger partial charge in [0.25, 0.3) is 0 Å². The van der Waals surface area contributed by atoms with Crippen LogP contribution in [0.5, 0.6) is 0 Å². The van der Waals surface area contributed by atoms with Crippen LogP contribution in [-0.4, -0.2) is 41.0 Å². The number of nitrogens with zero attached hydrogens (tertiary/aromatic N) is 1. The predicted molar refractivity (Wildman–Crippen MR) is 84.9 cm³/mol.